The van der Waals surface area contributed by atoms with E-state index in [9.17, 15) is 4.79 Å². The van der Waals surface area contributed by atoms with Gasteiger partial charge in [-0.2, -0.15) is 5.26 Å². The van der Waals surface area contributed by atoms with E-state index in [-0.39, 0.29) is 18.2 Å². The van der Waals surface area contributed by atoms with Crippen LogP contribution in [-0.2, 0) is 14.3 Å². The average Bonchev–Trinajstić information content (AvgIpc) is 3.16. The van der Waals surface area contributed by atoms with Crippen LogP contribution in [0, 0.1) is 11.3 Å². The van der Waals surface area contributed by atoms with Crippen molar-refractivity contribution in [3.63, 3.8) is 0 Å². The van der Waals surface area contributed by atoms with Gasteiger partial charge in [0.2, 0.25) is 0 Å². The Bertz CT molecular complexity index is 622. The Hall–Kier alpha value is -2.10. The number of carbonyl (C=O) groups excluding carboxylic acids is 1. The van der Waals surface area contributed by atoms with E-state index in [0.29, 0.717) is 31.1 Å². The number of nitriles is 1. The molecule has 2 heterocycles. The Kier molecular flexibility index (Phi) is 5.34. The standard InChI is InChI=1S/C18H22N2O4/c1-13(24-16-8-3-2-6-14(16)12-19)17(21)20-9-5-4-7-15(20)18-22-10-11-23-18/h2-3,6,8,13,15,18H,4-5,7,9-11H2,1H3/t13-,15-/m0/s1. The van der Waals surface area contributed by atoms with Crippen LogP contribution in [0.2, 0.25) is 0 Å². The highest BCUT2D eigenvalue weighted by Gasteiger charge is 2.38. The van der Waals surface area contributed by atoms with Crippen LogP contribution in [0.25, 0.3) is 0 Å². The summed E-state index contributed by atoms with van der Waals surface area (Å²) in [6.45, 7) is 3.55. The number of likely N-dealkylation sites (tertiary alicyclic amines) is 1. The van der Waals surface area contributed by atoms with Gasteiger partial charge >= 0.3 is 0 Å². The van der Waals surface area contributed by atoms with Gasteiger partial charge in [-0.15, -0.1) is 0 Å². The van der Waals surface area contributed by atoms with Crippen molar-refractivity contribution >= 4 is 5.91 Å². The fourth-order valence-corrected chi connectivity index (χ4v) is 3.25. The molecule has 2 atom stereocenters. The van der Waals surface area contributed by atoms with Crippen LogP contribution < -0.4 is 4.74 Å². The lowest BCUT2D eigenvalue weighted by atomic mass is 10.0. The molecule has 1 aromatic carbocycles. The molecule has 3 rings (SSSR count). The summed E-state index contributed by atoms with van der Waals surface area (Å²) in [5.74, 6) is 0.342. The van der Waals surface area contributed by atoms with E-state index in [1.807, 2.05) is 4.90 Å². The van der Waals surface area contributed by atoms with Gasteiger partial charge in [0.25, 0.3) is 5.91 Å². The fourth-order valence-electron chi connectivity index (χ4n) is 3.25. The summed E-state index contributed by atoms with van der Waals surface area (Å²) in [6.07, 6.45) is 1.90. The maximum atomic E-state index is 12.9. The van der Waals surface area contributed by atoms with Gasteiger partial charge in [-0.05, 0) is 38.3 Å². The molecule has 0 N–H and O–H groups in total. The SMILES string of the molecule is C[C@H](Oc1ccccc1C#N)C(=O)N1CCCC[C@H]1C1OCCO1. The van der Waals surface area contributed by atoms with Crippen LogP contribution in [0.4, 0.5) is 0 Å². The first kappa shape index (κ1) is 16.7. The summed E-state index contributed by atoms with van der Waals surface area (Å²) in [5.41, 5.74) is 0.426. The highest BCUT2D eigenvalue weighted by atomic mass is 16.7. The second-order valence-electron chi connectivity index (χ2n) is 6.07. The number of hydrogen-bond acceptors (Lipinski definition) is 5. The van der Waals surface area contributed by atoms with E-state index in [2.05, 4.69) is 6.07 Å². The van der Waals surface area contributed by atoms with Crippen molar-refractivity contribution in [3.8, 4) is 11.8 Å². The molecule has 0 aliphatic carbocycles. The molecule has 0 aromatic heterocycles. The summed E-state index contributed by atoms with van der Waals surface area (Å²) in [4.78, 5) is 14.7. The Morgan fingerprint density at radius 2 is 2.08 bits per heavy atom. The molecule has 1 amide bonds. The van der Waals surface area contributed by atoms with Crippen LogP contribution in [0.1, 0.15) is 31.7 Å². The number of hydrogen-bond donors (Lipinski definition) is 0. The number of nitrogens with zero attached hydrogens (tertiary/aromatic N) is 2. The Morgan fingerprint density at radius 3 is 2.83 bits per heavy atom. The quantitative estimate of drug-likeness (QED) is 0.845. The van der Waals surface area contributed by atoms with Gasteiger partial charge in [-0.3, -0.25) is 4.79 Å². The van der Waals surface area contributed by atoms with Crippen molar-refractivity contribution in [2.24, 2.45) is 0 Å². The number of para-hydroxylation sites is 1. The molecule has 0 saturated carbocycles. The largest absolute Gasteiger partial charge is 0.480 e. The molecule has 0 radical (unpaired) electrons. The normalized spacial score (nSPS) is 22.8. The van der Waals surface area contributed by atoms with Crippen molar-refractivity contribution in [2.75, 3.05) is 19.8 Å². The first-order chi connectivity index (χ1) is 11.7. The predicted molar refractivity (Wildman–Crippen MR) is 86.3 cm³/mol. The molecule has 2 aliphatic rings. The molecule has 0 unspecified atom stereocenters. The molecular formula is C18H22N2O4. The van der Waals surface area contributed by atoms with E-state index < -0.39 is 6.10 Å². The molecule has 6 heteroatoms. The summed E-state index contributed by atoms with van der Waals surface area (Å²) >= 11 is 0. The molecule has 6 nitrogen and oxygen atoms in total. The van der Waals surface area contributed by atoms with Gasteiger partial charge in [-0.25, -0.2) is 0 Å². The maximum absolute atomic E-state index is 12.9. The number of piperidine rings is 1. The Balaban J connectivity index is 1.70. The number of rotatable bonds is 4. The number of carbonyl (C=O) groups is 1. The predicted octanol–water partition coefficient (Wildman–Crippen LogP) is 2.08. The molecule has 0 bridgehead atoms. The molecule has 128 valence electrons. The lowest BCUT2D eigenvalue weighted by Crippen LogP contribution is -2.53. The van der Waals surface area contributed by atoms with E-state index in [4.69, 9.17) is 19.5 Å². The van der Waals surface area contributed by atoms with Gasteiger partial charge < -0.3 is 19.1 Å². The monoisotopic (exact) mass is 330 g/mol. The van der Waals surface area contributed by atoms with Crippen LogP contribution in [0.3, 0.4) is 0 Å². The zero-order valence-corrected chi connectivity index (χ0v) is 13.8. The van der Waals surface area contributed by atoms with Gasteiger partial charge in [0.15, 0.2) is 12.4 Å². The van der Waals surface area contributed by atoms with Crippen molar-refractivity contribution in [1.82, 2.24) is 4.90 Å². The van der Waals surface area contributed by atoms with E-state index in [1.54, 1.807) is 31.2 Å². The summed E-state index contributed by atoms with van der Waals surface area (Å²) in [7, 11) is 0. The summed E-state index contributed by atoms with van der Waals surface area (Å²) in [5, 5.41) is 9.15. The van der Waals surface area contributed by atoms with Crippen LogP contribution >= 0.6 is 0 Å². The lowest BCUT2D eigenvalue weighted by Gasteiger charge is -2.39. The minimum Gasteiger partial charge on any atom is -0.480 e. The minimum absolute atomic E-state index is 0.0639. The van der Waals surface area contributed by atoms with Crippen LogP contribution in [0.15, 0.2) is 24.3 Å². The van der Waals surface area contributed by atoms with Gasteiger partial charge in [0.05, 0.1) is 24.8 Å². The van der Waals surface area contributed by atoms with Crippen molar-refractivity contribution in [1.29, 1.82) is 5.26 Å². The first-order valence-corrected chi connectivity index (χ1v) is 8.40. The number of benzene rings is 1. The Morgan fingerprint density at radius 1 is 1.33 bits per heavy atom. The lowest BCUT2D eigenvalue weighted by molar-refractivity contribution is -0.156. The van der Waals surface area contributed by atoms with E-state index >= 15 is 0 Å². The smallest absolute Gasteiger partial charge is 0.263 e. The zero-order chi connectivity index (χ0) is 16.9. The molecule has 2 fully saturated rings. The average molecular weight is 330 g/mol. The second-order valence-corrected chi connectivity index (χ2v) is 6.07. The molecular weight excluding hydrogens is 308 g/mol. The third-order valence-electron chi connectivity index (χ3n) is 4.45. The number of ether oxygens (including phenoxy) is 3. The summed E-state index contributed by atoms with van der Waals surface area (Å²) < 4.78 is 17.0. The maximum Gasteiger partial charge on any atom is 0.263 e. The van der Waals surface area contributed by atoms with Crippen molar-refractivity contribution in [2.45, 2.75) is 44.6 Å². The number of amides is 1. The topological polar surface area (TPSA) is 71.8 Å². The first-order valence-electron chi connectivity index (χ1n) is 8.40. The van der Waals surface area contributed by atoms with Gasteiger partial charge in [0, 0.05) is 6.54 Å². The highest BCUT2D eigenvalue weighted by molar-refractivity contribution is 5.81. The Labute approximate surface area is 141 Å². The third kappa shape index (κ3) is 3.53. The molecule has 2 saturated heterocycles. The van der Waals surface area contributed by atoms with Crippen LogP contribution in [0.5, 0.6) is 5.75 Å². The van der Waals surface area contributed by atoms with E-state index in [0.717, 1.165) is 19.3 Å². The molecule has 0 spiro atoms. The molecule has 2 aliphatic heterocycles. The minimum atomic E-state index is -0.665. The zero-order valence-electron chi connectivity index (χ0n) is 13.8. The highest BCUT2D eigenvalue weighted by Crippen LogP contribution is 2.26. The third-order valence-corrected chi connectivity index (χ3v) is 4.45. The van der Waals surface area contributed by atoms with E-state index in [1.165, 1.54) is 0 Å². The second kappa shape index (κ2) is 7.65. The van der Waals surface area contributed by atoms with Crippen molar-refractivity contribution in [3.05, 3.63) is 29.8 Å². The molecule has 1 aromatic rings. The van der Waals surface area contributed by atoms with Crippen LogP contribution in [-0.4, -0.2) is 49.0 Å². The van der Waals surface area contributed by atoms with Crippen molar-refractivity contribution < 1.29 is 19.0 Å². The molecule has 24 heavy (non-hydrogen) atoms. The van der Waals surface area contributed by atoms with Gasteiger partial charge in [0.1, 0.15) is 11.8 Å². The fraction of sp³-hybridized carbons (Fsp3) is 0.556. The van der Waals surface area contributed by atoms with Gasteiger partial charge in [-0.1, -0.05) is 12.1 Å². The summed E-state index contributed by atoms with van der Waals surface area (Å²) in [6, 6.07) is 8.96.